The summed E-state index contributed by atoms with van der Waals surface area (Å²) in [4.78, 5) is 4.51. The van der Waals surface area contributed by atoms with E-state index in [0.717, 1.165) is 30.6 Å². The molecule has 0 aromatic carbocycles. The van der Waals surface area contributed by atoms with Crippen molar-refractivity contribution < 1.29 is 0 Å². The lowest BCUT2D eigenvalue weighted by molar-refractivity contribution is 0.681. The van der Waals surface area contributed by atoms with Crippen molar-refractivity contribution in [2.75, 3.05) is 11.9 Å². The van der Waals surface area contributed by atoms with Gasteiger partial charge in [-0.05, 0) is 43.4 Å². The molecule has 94 valence electrons. The molecule has 0 bridgehead atoms. The molecule has 1 aliphatic carbocycles. The van der Waals surface area contributed by atoms with Gasteiger partial charge in [-0.15, -0.1) is 0 Å². The van der Waals surface area contributed by atoms with E-state index in [1.54, 1.807) is 0 Å². The molecule has 0 saturated heterocycles. The van der Waals surface area contributed by atoms with E-state index in [1.807, 2.05) is 0 Å². The van der Waals surface area contributed by atoms with Gasteiger partial charge in [0.2, 0.25) is 0 Å². The standard InChI is InChI=1S/C14H23N3/c1-10(2)8-16-14-7-12(6-11(3)17-14)9-15-13-4-5-13/h6-7,10,13,15H,4-5,8-9H2,1-3H3,(H,16,17). The molecule has 0 spiro atoms. The van der Waals surface area contributed by atoms with Crippen LogP contribution >= 0.6 is 0 Å². The molecule has 0 amide bonds. The summed E-state index contributed by atoms with van der Waals surface area (Å²) in [5, 5.41) is 6.93. The molecule has 2 N–H and O–H groups in total. The first-order chi connectivity index (χ1) is 8.13. The van der Waals surface area contributed by atoms with Crippen LogP contribution in [-0.4, -0.2) is 17.6 Å². The Morgan fingerprint density at radius 1 is 1.35 bits per heavy atom. The van der Waals surface area contributed by atoms with E-state index in [1.165, 1.54) is 18.4 Å². The number of hydrogen-bond acceptors (Lipinski definition) is 3. The fourth-order valence-corrected chi connectivity index (χ4v) is 1.79. The number of hydrogen-bond donors (Lipinski definition) is 2. The summed E-state index contributed by atoms with van der Waals surface area (Å²) in [5.41, 5.74) is 2.42. The van der Waals surface area contributed by atoms with Crippen molar-refractivity contribution >= 4 is 5.82 Å². The zero-order chi connectivity index (χ0) is 12.3. The highest BCUT2D eigenvalue weighted by molar-refractivity contribution is 5.39. The highest BCUT2D eigenvalue weighted by atomic mass is 15.0. The number of anilines is 1. The van der Waals surface area contributed by atoms with Crippen molar-refractivity contribution in [3.63, 3.8) is 0 Å². The fourth-order valence-electron chi connectivity index (χ4n) is 1.79. The van der Waals surface area contributed by atoms with Crippen LogP contribution < -0.4 is 10.6 Å². The van der Waals surface area contributed by atoms with Gasteiger partial charge in [-0.1, -0.05) is 13.8 Å². The molecule has 3 heteroatoms. The van der Waals surface area contributed by atoms with Crippen molar-refractivity contribution in [3.8, 4) is 0 Å². The Labute approximate surface area is 104 Å². The Kier molecular flexibility index (Phi) is 4.00. The monoisotopic (exact) mass is 233 g/mol. The average molecular weight is 233 g/mol. The maximum Gasteiger partial charge on any atom is 0.126 e. The van der Waals surface area contributed by atoms with E-state index >= 15 is 0 Å². The molecule has 1 heterocycles. The summed E-state index contributed by atoms with van der Waals surface area (Å²) < 4.78 is 0. The van der Waals surface area contributed by atoms with Crippen molar-refractivity contribution in [3.05, 3.63) is 23.4 Å². The second-order valence-corrected chi connectivity index (χ2v) is 5.43. The summed E-state index contributed by atoms with van der Waals surface area (Å²) in [6.07, 6.45) is 2.67. The van der Waals surface area contributed by atoms with Gasteiger partial charge in [0.05, 0.1) is 0 Å². The molecular weight excluding hydrogens is 210 g/mol. The molecule has 2 rings (SSSR count). The van der Waals surface area contributed by atoms with E-state index in [9.17, 15) is 0 Å². The quantitative estimate of drug-likeness (QED) is 0.793. The van der Waals surface area contributed by atoms with E-state index in [-0.39, 0.29) is 0 Å². The molecule has 0 radical (unpaired) electrons. The van der Waals surface area contributed by atoms with Crippen molar-refractivity contribution in [2.45, 2.75) is 46.2 Å². The van der Waals surface area contributed by atoms with Gasteiger partial charge >= 0.3 is 0 Å². The molecule has 3 nitrogen and oxygen atoms in total. The van der Waals surface area contributed by atoms with E-state index < -0.39 is 0 Å². The van der Waals surface area contributed by atoms with E-state index in [4.69, 9.17) is 0 Å². The fraction of sp³-hybridized carbons (Fsp3) is 0.643. The van der Waals surface area contributed by atoms with Gasteiger partial charge in [0.15, 0.2) is 0 Å². The van der Waals surface area contributed by atoms with Crippen LogP contribution in [-0.2, 0) is 6.54 Å². The smallest absolute Gasteiger partial charge is 0.126 e. The molecule has 0 aliphatic heterocycles. The lowest BCUT2D eigenvalue weighted by Crippen LogP contribution is -2.16. The maximum atomic E-state index is 4.51. The molecule has 1 fully saturated rings. The highest BCUT2D eigenvalue weighted by Crippen LogP contribution is 2.20. The van der Waals surface area contributed by atoms with Crippen molar-refractivity contribution in [1.82, 2.24) is 10.3 Å². The van der Waals surface area contributed by atoms with Gasteiger partial charge in [0, 0.05) is 24.8 Å². The number of nitrogens with one attached hydrogen (secondary N) is 2. The Balaban J connectivity index is 1.94. The largest absolute Gasteiger partial charge is 0.370 e. The van der Waals surface area contributed by atoms with Gasteiger partial charge in [-0.2, -0.15) is 0 Å². The maximum absolute atomic E-state index is 4.51. The van der Waals surface area contributed by atoms with Gasteiger partial charge in [-0.3, -0.25) is 0 Å². The summed E-state index contributed by atoms with van der Waals surface area (Å²) in [7, 11) is 0. The molecule has 0 unspecified atom stereocenters. The summed E-state index contributed by atoms with van der Waals surface area (Å²) in [6, 6.07) is 5.08. The molecule has 0 atom stereocenters. The Bertz CT molecular complexity index is 345. The summed E-state index contributed by atoms with van der Waals surface area (Å²) in [6.45, 7) is 8.41. The first-order valence-corrected chi connectivity index (χ1v) is 6.58. The van der Waals surface area contributed by atoms with Crippen LogP contribution in [0.15, 0.2) is 12.1 Å². The number of aryl methyl sites for hydroxylation is 1. The second-order valence-electron chi connectivity index (χ2n) is 5.43. The van der Waals surface area contributed by atoms with E-state index in [0.29, 0.717) is 5.92 Å². The first-order valence-electron chi connectivity index (χ1n) is 6.58. The predicted molar refractivity (Wildman–Crippen MR) is 72.2 cm³/mol. The van der Waals surface area contributed by atoms with Crippen LogP contribution in [0.5, 0.6) is 0 Å². The van der Waals surface area contributed by atoms with Gasteiger partial charge in [0.1, 0.15) is 5.82 Å². The third kappa shape index (κ3) is 4.35. The van der Waals surface area contributed by atoms with Gasteiger partial charge in [0.25, 0.3) is 0 Å². The molecule has 1 aromatic rings. The first kappa shape index (κ1) is 12.4. The second kappa shape index (κ2) is 5.50. The molecule has 1 saturated carbocycles. The number of pyridine rings is 1. The number of aromatic nitrogens is 1. The Morgan fingerprint density at radius 2 is 2.12 bits per heavy atom. The van der Waals surface area contributed by atoms with Crippen LogP contribution in [0.3, 0.4) is 0 Å². The Morgan fingerprint density at radius 3 is 2.76 bits per heavy atom. The highest BCUT2D eigenvalue weighted by Gasteiger charge is 2.19. The van der Waals surface area contributed by atoms with Crippen molar-refractivity contribution in [1.29, 1.82) is 0 Å². The minimum Gasteiger partial charge on any atom is -0.370 e. The lowest BCUT2D eigenvalue weighted by atomic mass is 10.2. The summed E-state index contributed by atoms with van der Waals surface area (Å²) >= 11 is 0. The third-order valence-electron chi connectivity index (χ3n) is 2.88. The zero-order valence-electron chi connectivity index (χ0n) is 11.1. The van der Waals surface area contributed by atoms with Gasteiger partial charge in [-0.25, -0.2) is 4.98 Å². The predicted octanol–water partition coefficient (Wildman–Crippen LogP) is 2.71. The van der Waals surface area contributed by atoms with Crippen LogP contribution in [0.4, 0.5) is 5.82 Å². The van der Waals surface area contributed by atoms with Crippen LogP contribution in [0.1, 0.15) is 37.9 Å². The molecular formula is C14H23N3. The van der Waals surface area contributed by atoms with Crippen LogP contribution in [0.2, 0.25) is 0 Å². The van der Waals surface area contributed by atoms with Gasteiger partial charge < -0.3 is 10.6 Å². The molecule has 1 aromatic heterocycles. The zero-order valence-corrected chi connectivity index (χ0v) is 11.1. The normalized spacial score (nSPS) is 15.3. The lowest BCUT2D eigenvalue weighted by Gasteiger charge is -2.11. The number of rotatable bonds is 6. The van der Waals surface area contributed by atoms with Crippen LogP contribution in [0.25, 0.3) is 0 Å². The summed E-state index contributed by atoms with van der Waals surface area (Å²) in [5.74, 6) is 1.65. The SMILES string of the molecule is Cc1cc(CNC2CC2)cc(NCC(C)C)n1. The van der Waals surface area contributed by atoms with E-state index in [2.05, 4.69) is 48.5 Å². The third-order valence-corrected chi connectivity index (χ3v) is 2.88. The Hall–Kier alpha value is -1.09. The topological polar surface area (TPSA) is 37.0 Å². The molecule has 1 aliphatic rings. The minimum atomic E-state index is 0.644. The minimum absolute atomic E-state index is 0.644. The van der Waals surface area contributed by atoms with Crippen molar-refractivity contribution in [2.24, 2.45) is 5.92 Å². The number of nitrogens with zero attached hydrogens (tertiary/aromatic N) is 1. The molecule has 17 heavy (non-hydrogen) atoms. The average Bonchev–Trinajstić information content (AvgIpc) is 3.07. The van der Waals surface area contributed by atoms with Crippen LogP contribution in [0, 0.1) is 12.8 Å².